The van der Waals surface area contributed by atoms with Gasteiger partial charge >= 0.3 is 0 Å². The van der Waals surface area contributed by atoms with E-state index in [1.165, 1.54) is 0 Å². The highest BCUT2D eigenvalue weighted by atomic mass is 16.5. The van der Waals surface area contributed by atoms with Crippen LogP contribution in [0.3, 0.4) is 0 Å². The maximum absolute atomic E-state index is 12.1. The summed E-state index contributed by atoms with van der Waals surface area (Å²) in [6.07, 6.45) is 0. The zero-order valence-electron chi connectivity index (χ0n) is 14.6. The van der Waals surface area contributed by atoms with E-state index in [1.54, 1.807) is 38.5 Å². The van der Waals surface area contributed by atoms with Crippen molar-refractivity contribution in [3.05, 3.63) is 59.2 Å². The molecule has 0 radical (unpaired) electrons. The molecule has 0 spiro atoms. The fraction of sp³-hybridized carbons (Fsp3) is 0.263. The highest BCUT2D eigenvalue weighted by molar-refractivity contribution is 5.97. The summed E-state index contributed by atoms with van der Waals surface area (Å²) in [5.74, 6) is 0.760. The van der Waals surface area contributed by atoms with Crippen LogP contribution in [-0.2, 0) is 11.3 Å². The molecule has 0 atom stereocenters. The summed E-state index contributed by atoms with van der Waals surface area (Å²) in [5, 5.41) is 5.38. The molecule has 2 rings (SSSR count). The van der Waals surface area contributed by atoms with Crippen molar-refractivity contribution in [2.24, 2.45) is 0 Å². The number of methoxy groups -OCH3 is 2. The molecule has 0 unspecified atom stereocenters. The van der Waals surface area contributed by atoms with Crippen LogP contribution in [0, 0.1) is 6.92 Å². The topological polar surface area (TPSA) is 76.7 Å². The molecule has 6 nitrogen and oxygen atoms in total. The monoisotopic (exact) mass is 342 g/mol. The first-order valence-electron chi connectivity index (χ1n) is 7.86. The predicted octanol–water partition coefficient (Wildman–Crippen LogP) is 2.06. The third-order valence-corrected chi connectivity index (χ3v) is 3.77. The zero-order valence-corrected chi connectivity index (χ0v) is 14.6. The van der Waals surface area contributed by atoms with Crippen molar-refractivity contribution in [3.63, 3.8) is 0 Å². The lowest BCUT2D eigenvalue weighted by atomic mass is 10.1. The zero-order chi connectivity index (χ0) is 18.2. The fourth-order valence-electron chi connectivity index (χ4n) is 2.34. The minimum atomic E-state index is -0.278. The molecule has 0 aromatic heterocycles. The number of amides is 2. The number of benzene rings is 2. The summed E-state index contributed by atoms with van der Waals surface area (Å²) in [5.41, 5.74) is 2.25. The van der Waals surface area contributed by atoms with Gasteiger partial charge in [0.2, 0.25) is 5.91 Å². The minimum absolute atomic E-state index is 0.0916. The standard InChI is InChI=1S/C19H22N2O4/c1-13-6-4-5-7-16(13)19(23)21-12-18(22)20-11-14-8-9-15(24-2)10-17(14)25-3/h4-10H,11-12H2,1-3H3,(H,20,22)(H,21,23). The summed E-state index contributed by atoms with van der Waals surface area (Å²) in [4.78, 5) is 24.1. The summed E-state index contributed by atoms with van der Waals surface area (Å²) in [6.45, 7) is 2.06. The predicted molar refractivity (Wildman–Crippen MR) is 94.9 cm³/mol. The van der Waals surface area contributed by atoms with E-state index in [0.717, 1.165) is 11.1 Å². The highest BCUT2D eigenvalue weighted by Crippen LogP contribution is 2.24. The summed E-state index contributed by atoms with van der Waals surface area (Å²) >= 11 is 0. The van der Waals surface area contributed by atoms with Gasteiger partial charge in [0.05, 0.1) is 20.8 Å². The molecule has 2 amide bonds. The normalized spacial score (nSPS) is 10.0. The van der Waals surface area contributed by atoms with E-state index in [0.29, 0.717) is 23.6 Å². The molecular formula is C19H22N2O4. The molecule has 2 aromatic carbocycles. The maximum Gasteiger partial charge on any atom is 0.251 e. The first-order valence-corrected chi connectivity index (χ1v) is 7.86. The average molecular weight is 342 g/mol. The van der Waals surface area contributed by atoms with Gasteiger partial charge in [-0.2, -0.15) is 0 Å². The SMILES string of the molecule is COc1ccc(CNC(=O)CNC(=O)c2ccccc2C)c(OC)c1. The lowest BCUT2D eigenvalue weighted by Crippen LogP contribution is -2.36. The Morgan fingerprint density at radius 1 is 1.00 bits per heavy atom. The number of hydrogen-bond acceptors (Lipinski definition) is 4. The number of rotatable bonds is 7. The summed E-state index contributed by atoms with van der Waals surface area (Å²) in [7, 11) is 3.13. The average Bonchev–Trinajstić information content (AvgIpc) is 2.64. The molecular weight excluding hydrogens is 320 g/mol. The molecule has 132 valence electrons. The molecule has 2 N–H and O–H groups in total. The van der Waals surface area contributed by atoms with Crippen LogP contribution >= 0.6 is 0 Å². The van der Waals surface area contributed by atoms with Crippen LogP contribution in [-0.4, -0.2) is 32.6 Å². The van der Waals surface area contributed by atoms with Gasteiger partial charge in [0.25, 0.3) is 5.91 Å². The number of hydrogen-bond donors (Lipinski definition) is 2. The Labute approximate surface area is 147 Å². The molecule has 0 aliphatic heterocycles. The molecule has 0 bridgehead atoms. The highest BCUT2D eigenvalue weighted by Gasteiger charge is 2.11. The van der Waals surface area contributed by atoms with Crippen molar-refractivity contribution < 1.29 is 19.1 Å². The maximum atomic E-state index is 12.1. The van der Waals surface area contributed by atoms with Crippen LogP contribution in [0.15, 0.2) is 42.5 Å². The van der Waals surface area contributed by atoms with Gasteiger partial charge in [0, 0.05) is 23.7 Å². The van der Waals surface area contributed by atoms with Gasteiger partial charge in [-0.15, -0.1) is 0 Å². The van der Waals surface area contributed by atoms with Gasteiger partial charge < -0.3 is 20.1 Å². The molecule has 0 aliphatic carbocycles. The van der Waals surface area contributed by atoms with E-state index < -0.39 is 0 Å². The second-order valence-electron chi connectivity index (χ2n) is 5.45. The van der Waals surface area contributed by atoms with E-state index in [2.05, 4.69) is 10.6 Å². The smallest absolute Gasteiger partial charge is 0.251 e. The molecule has 6 heteroatoms. The second kappa shape index (κ2) is 8.73. The lowest BCUT2D eigenvalue weighted by molar-refractivity contribution is -0.120. The number of aryl methyl sites for hydroxylation is 1. The third-order valence-electron chi connectivity index (χ3n) is 3.77. The van der Waals surface area contributed by atoms with Crippen molar-refractivity contribution in [2.75, 3.05) is 20.8 Å². The van der Waals surface area contributed by atoms with Crippen LogP contribution in [0.25, 0.3) is 0 Å². The molecule has 0 heterocycles. The van der Waals surface area contributed by atoms with Crippen LogP contribution in [0.5, 0.6) is 11.5 Å². The Balaban J connectivity index is 1.87. The first kappa shape index (κ1) is 18.3. The van der Waals surface area contributed by atoms with E-state index in [1.807, 2.05) is 25.1 Å². The second-order valence-corrected chi connectivity index (χ2v) is 5.45. The summed E-state index contributed by atoms with van der Waals surface area (Å²) in [6, 6.07) is 12.6. The summed E-state index contributed by atoms with van der Waals surface area (Å²) < 4.78 is 10.4. The lowest BCUT2D eigenvalue weighted by Gasteiger charge is -2.12. The van der Waals surface area contributed by atoms with Crippen molar-refractivity contribution in [1.29, 1.82) is 0 Å². The van der Waals surface area contributed by atoms with Crippen molar-refractivity contribution in [2.45, 2.75) is 13.5 Å². The number of ether oxygens (including phenoxy) is 2. The number of nitrogens with one attached hydrogen (secondary N) is 2. The quantitative estimate of drug-likeness (QED) is 0.807. The Morgan fingerprint density at radius 2 is 1.76 bits per heavy atom. The first-order chi connectivity index (χ1) is 12.0. The molecule has 0 saturated heterocycles. The van der Waals surface area contributed by atoms with Crippen molar-refractivity contribution >= 4 is 11.8 Å². The Kier molecular flexibility index (Phi) is 6.39. The van der Waals surface area contributed by atoms with E-state index in [9.17, 15) is 9.59 Å². The fourth-order valence-corrected chi connectivity index (χ4v) is 2.34. The van der Waals surface area contributed by atoms with Crippen LogP contribution in [0.4, 0.5) is 0 Å². The largest absolute Gasteiger partial charge is 0.497 e. The number of carbonyl (C=O) groups excluding carboxylic acids is 2. The molecule has 0 saturated carbocycles. The van der Waals surface area contributed by atoms with Gasteiger partial charge in [-0.1, -0.05) is 18.2 Å². The van der Waals surface area contributed by atoms with Gasteiger partial charge in [-0.05, 0) is 30.7 Å². The third kappa shape index (κ3) is 4.97. The van der Waals surface area contributed by atoms with Crippen LogP contribution < -0.4 is 20.1 Å². The van der Waals surface area contributed by atoms with E-state index in [-0.39, 0.29) is 18.4 Å². The van der Waals surface area contributed by atoms with E-state index >= 15 is 0 Å². The van der Waals surface area contributed by atoms with Gasteiger partial charge in [-0.3, -0.25) is 9.59 Å². The Morgan fingerprint density at radius 3 is 2.44 bits per heavy atom. The number of carbonyl (C=O) groups is 2. The van der Waals surface area contributed by atoms with Gasteiger partial charge in [0.1, 0.15) is 11.5 Å². The Bertz CT molecular complexity index is 759. The Hall–Kier alpha value is -3.02. The van der Waals surface area contributed by atoms with Crippen LogP contribution in [0.1, 0.15) is 21.5 Å². The molecule has 2 aromatic rings. The molecule has 0 fully saturated rings. The van der Waals surface area contributed by atoms with E-state index in [4.69, 9.17) is 9.47 Å². The van der Waals surface area contributed by atoms with Gasteiger partial charge in [0.15, 0.2) is 0 Å². The van der Waals surface area contributed by atoms with Crippen molar-refractivity contribution in [3.8, 4) is 11.5 Å². The minimum Gasteiger partial charge on any atom is -0.497 e. The van der Waals surface area contributed by atoms with Gasteiger partial charge in [-0.25, -0.2) is 0 Å². The molecule has 0 aliphatic rings. The van der Waals surface area contributed by atoms with Crippen molar-refractivity contribution in [1.82, 2.24) is 10.6 Å². The molecule has 25 heavy (non-hydrogen) atoms. The van der Waals surface area contributed by atoms with Crippen LogP contribution in [0.2, 0.25) is 0 Å².